The molecule has 0 bridgehead atoms. The van der Waals surface area contributed by atoms with Crippen LogP contribution < -0.4 is 0 Å². The molecule has 1 aliphatic heterocycles. The summed E-state index contributed by atoms with van der Waals surface area (Å²) in [6.07, 6.45) is 0.653. The standard InChI is InChI=1S/C17H18O2/c1-2-18-16-12-14-10-6-7-11-15(14)17(19-16)13-8-4-3-5-9-13/h3-11,16-17H,2,12H2,1H3/t16-,17-/m1/s1. The topological polar surface area (TPSA) is 18.5 Å². The summed E-state index contributed by atoms with van der Waals surface area (Å²) in [6.45, 7) is 2.68. The number of hydrogen-bond donors (Lipinski definition) is 0. The smallest absolute Gasteiger partial charge is 0.162 e. The number of rotatable bonds is 3. The van der Waals surface area contributed by atoms with Crippen LogP contribution in [0, 0.1) is 0 Å². The van der Waals surface area contributed by atoms with Crippen molar-refractivity contribution in [3.63, 3.8) is 0 Å². The zero-order valence-corrected chi connectivity index (χ0v) is 11.1. The van der Waals surface area contributed by atoms with Crippen LogP contribution in [0.3, 0.4) is 0 Å². The van der Waals surface area contributed by atoms with Gasteiger partial charge in [-0.3, -0.25) is 0 Å². The van der Waals surface area contributed by atoms with E-state index in [1.54, 1.807) is 0 Å². The van der Waals surface area contributed by atoms with E-state index in [1.807, 2.05) is 25.1 Å². The molecule has 2 aromatic carbocycles. The molecule has 0 radical (unpaired) electrons. The van der Waals surface area contributed by atoms with Crippen LogP contribution in [0.25, 0.3) is 0 Å². The van der Waals surface area contributed by atoms with Crippen molar-refractivity contribution in [2.24, 2.45) is 0 Å². The first-order valence-electron chi connectivity index (χ1n) is 6.78. The number of ether oxygens (including phenoxy) is 2. The fourth-order valence-corrected chi connectivity index (χ4v) is 2.60. The van der Waals surface area contributed by atoms with Gasteiger partial charge in [-0.25, -0.2) is 0 Å². The van der Waals surface area contributed by atoms with Gasteiger partial charge >= 0.3 is 0 Å². The molecule has 2 aromatic rings. The van der Waals surface area contributed by atoms with Crippen molar-refractivity contribution in [2.75, 3.05) is 6.61 Å². The number of benzene rings is 2. The molecular formula is C17H18O2. The van der Waals surface area contributed by atoms with Gasteiger partial charge in [0.25, 0.3) is 0 Å². The molecule has 2 nitrogen and oxygen atoms in total. The van der Waals surface area contributed by atoms with Gasteiger partial charge < -0.3 is 9.47 Å². The van der Waals surface area contributed by atoms with Crippen molar-refractivity contribution in [3.05, 3.63) is 71.3 Å². The van der Waals surface area contributed by atoms with Crippen molar-refractivity contribution in [1.82, 2.24) is 0 Å². The van der Waals surface area contributed by atoms with E-state index in [1.165, 1.54) is 16.7 Å². The summed E-state index contributed by atoms with van der Waals surface area (Å²) in [5, 5.41) is 0. The van der Waals surface area contributed by atoms with Crippen LogP contribution in [0.5, 0.6) is 0 Å². The van der Waals surface area contributed by atoms with Crippen LogP contribution in [0.1, 0.15) is 29.7 Å². The normalized spacial score (nSPS) is 21.9. The fraction of sp³-hybridized carbons (Fsp3) is 0.294. The minimum atomic E-state index is -0.148. The van der Waals surface area contributed by atoms with E-state index in [0.29, 0.717) is 6.61 Å². The van der Waals surface area contributed by atoms with E-state index in [9.17, 15) is 0 Å². The Morgan fingerprint density at radius 3 is 2.58 bits per heavy atom. The Morgan fingerprint density at radius 1 is 1.05 bits per heavy atom. The van der Waals surface area contributed by atoms with Crippen molar-refractivity contribution in [3.8, 4) is 0 Å². The first kappa shape index (κ1) is 12.4. The zero-order valence-electron chi connectivity index (χ0n) is 11.1. The summed E-state index contributed by atoms with van der Waals surface area (Å²) in [5.74, 6) is 0. The van der Waals surface area contributed by atoms with Crippen molar-refractivity contribution in [2.45, 2.75) is 25.7 Å². The summed E-state index contributed by atoms with van der Waals surface area (Å²) in [5.41, 5.74) is 3.75. The SMILES string of the molecule is CCO[C@H]1Cc2ccccc2[C@@H](c2ccccc2)O1. The predicted molar refractivity (Wildman–Crippen MR) is 74.9 cm³/mol. The quantitative estimate of drug-likeness (QED) is 0.831. The van der Waals surface area contributed by atoms with E-state index in [-0.39, 0.29) is 12.4 Å². The van der Waals surface area contributed by atoms with Gasteiger partial charge in [-0.1, -0.05) is 54.6 Å². The highest BCUT2D eigenvalue weighted by Gasteiger charge is 2.28. The highest BCUT2D eigenvalue weighted by atomic mass is 16.7. The predicted octanol–water partition coefficient (Wildman–Crippen LogP) is 3.71. The second-order valence-corrected chi connectivity index (χ2v) is 4.71. The van der Waals surface area contributed by atoms with E-state index in [2.05, 4.69) is 36.4 Å². The minimum Gasteiger partial charge on any atom is -0.353 e. The molecule has 1 heterocycles. The van der Waals surface area contributed by atoms with Crippen molar-refractivity contribution >= 4 is 0 Å². The summed E-state index contributed by atoms with van der Waals surface area (Å²) >= 11 is 0. The van der Waals surface area contributed by atoms with E-state index < -0.39 is 0 Å². The van der Waals surface area contributed by atoms with Gasteiger partial charge in [-0.05, 0) is 23.6 Å². The number of hydrogen-bond acceptors (Lipinski definition) is 2. The first-order chi connectivity index (χ1) is 9.38. The lowest BCUT2D eigenvalue weighted by atomic mass is 9.92. The lowest BCUT2D eigenvalue weighted by molar-refractivity contribution is -0.167. The van der Waals surface area contributed by atoms with E-state index >= 15 is 0 Å². The third kappa shape index (κ3) is 2.55. The maximum atomic E-state index is 6.12. The van der Waals surface area contributed by atoms with Crippen LogP contribution in [-0.2, 0) is 15.9 Å². The van der Waals surface area contributed by atoms with Gasteiger partial charge in [0.05, 0.1) is 0 Å². The maximum absolute atomic E-state index is 6.12. The highest BCUT2D eigenvalue weighted by molar-refractivity contribution is 5.37. The third-order valence-electron chi connectivity index (χ3n) is 3.47. The van der Waals surface area contributed by atoms with Crippen LogP contribution in [0.4, 0.5) is 0 Å². The molecule has 98 valence electrons. The Labute approximate surface area is 114 Å². The lowest BCUT2D eigenvalue weighted by Crippen LogP contribution is -2.29. The van der Waals surface area contributed by atoms with Gasteiger partial charge in [0, 0.05) is 13.0 Å². The van der Waals surface area contributed by atoms with Crippen molar-refractivity contribution in [1.29, 1.82) is 0 Å². The van der Waals surface area contributed by atoms with Crippen molar-refractivity contribution < 1.29 is 9.47 Å². The molecule has 19 heavy (non-hydrogen) atoms. The van der Waals surface area contributed by atoms with Gasteiger partial charge in [0.15, 0.2) is 6.29 Å². The Hall–Kier alpha value is -1.64. The van der Waals surface area contributed by atoms with Crippen LogP contribution >= 0.6 is 0 Å². The highest BCUT2D eigenvalue weighted by Crippen LogP contribution is 2.35. The molecule has 0 aromatic heterocycles. The molecule has 2 atom stereocenters. The summed E-state index contributed by atoms with van der Waals surface area (Å²) in [4.78, 5) is 0. The molecule has 1 aliphatic rings. The first-order valence-corrected chi connectivity index (χ1v) is 6.78. The van der Waals surface area contributed by atoms with E-state index in [0.717, 1.165) is 6.42 Å². The molecular weight excluding hydrogens is 236 g/mol. The second-order valence-electron chi connectivity index (χ2n) is 4.71. The Bertz CT molecular complexity index is 536. The van der Waals surface area contributed by atoms with Gasteiger partial charge in [0.1, 0.15) is 6.10 Å². The molecule has 0 N–H and O–H groups in total. The molecule has 0 fully saturated rings. The third-order valence-corrected chi connectivity index (χ3v) is 3.47. The largest absolute Gasteiger partial charge is 0.353 e. The molecule has 3 rings (SSSR count). The molecule has 0 aliphatic carbocycles. The lowest BCUT2D eigenvalue weighted by Gasteiger charge is -2.32. The molecule has 0 amide bonds. The molecule has 0 saturated heterocycles. The Balaban J connectivity index is 1.98. The number of fused-ring (bicyclic) bond motifs is 1. The fourth-order valence-electron chi connectivity index (χ4n) is 2.60. The molecule has 0 unspecified atom stereocenters. The Morgan fingerprint density at radius 2 is 1.79 bits per heavy atom. The summed E-state index contributed by atoms with van der Waals surface area (Å²) < 4.78 is 11.8. The van der Waals surface area contributed by atoms with E-state index in [4.69, 9.17) is 9.47 Å². The van der Waals surface area contributed by atoms with Gasteiger partial charge in [-0.2, -0.15) is 0 Å². The average molecular weight is 254 g/mol. The Kier molecular flexibility index (Phi) is 3.62. The summed E-state index contributed by atoms with van der Waals surface area (Å²) in [6, 6.07) is 18.8. The zero-order chi connectivity index (χ0) is 13.1. The van der Waals surface area contributed by atoms with Gasteiger partial charge in [0.2, 0.25) is 0 Å². The van der Waals surface area contributed by atoms with Crippen LogP contribution in [-0.4, -0.2) is 12.9 Å². The second kappa shape index (κ2) is 5.55. The monoisotopic (exact) mass is 254 g/mol. The molecule has 0 spiro atoms. The van der Waals surface area contributed by atoms with Gasteiger partial charge in [-0.15, -0.1) is 0 Å². The maximum Gasteiger partial charge on any atom is 0.162 e. The molecule has 0 saturated carbocycles. The average Bonchev–Trinajstić information content (AvgIpc) is 2.48. The minimum absolute atomic E-state index is 0.0253. The van der Waals surface area contributed by atoms with Crippen LogP contribution in [0.15, 0.2) is 54.6 Å². The van der Waals surface area contributed by atoms with Crippen LogP contribution in [0.2, 0.25) is 0 Å². The molecule has 2 heteroatoms. The summed E-state index contributed by atoms with van der Waals surface area (Å²) in [7, 11) is 0.